The van der Waals surface area contributed by atoms with Crippen LogP contribution in [-0.2, 0) is 17.4 Å². The first-order chi connectivity index (χ1) is 5.61. The molecule has 1 saturated heterocycles. The second kappa shape index (κ2) is 8.70. The summed E-state index contributed by atoms with van der Waals surface area (Å²) in [6, 6.07) is 0. The number of piperidine rings is 1. The van der Waals surface area contributed by atoms with Crippen molar-refractivity contribution in [2.75, 3.05) is 13.1 Å². The van der Waals surface area contributed by atoms with Crippen LogP contribution in [0.5, 0.6) is 0 Å². The van der Waals surface area contributed by atoms with Crippen LogP contribution in [0.3, 0.4) is 0 Å². The minimum atomic E-state index is -0.954. The van der Waals surface area contributed by atoms with E-state index in [0.29, 0.717) is 30.3 Å². The monoisotopic (exact) mass is 249 g/mol. The van der Waals surface area contributed by atoms with E-state index in [1.807, 2.05) is 4.90 Å². The van der Waals surface area contributed by atoms with Crippen LogP contribution in [0.25, 0.3) is 0 Å². The van der Waals surface area contributed by atoms with Gasteiger partial charge in [0.15, 0.2) is 0 Å². The zero-order chi connectivity index (χ0) is 9.14. The van der Waals surface area contributed by atoms with Gasteiger partial charge in [-0.3, -0.25) is 0 Å². The Hall–Kier alpha value is 1.58. The first-order valence-corrected chi connectivity index (χ1v) is 4.59. The molecule has 3 nitrogen and oxygen atoms in total. The Kier molecular flexibility index (Phi) is 11.2. The van der Waals surface area contributed by atoms with Crippen molar-refractivity contribution >= 4 is 35.1 Å². The Morgan fingerprint density at radius 3 is 2.07 bits per heavy atom. The molecule has 0 amide bonds. The van der Waals surface area contributed by atoms with Crippen LogP contribution in [0.1, 0.15) is 12.8 Å². The fourth-order valence-corrected chi connectivity index (χ4v) is 1.66. The quantitative estimate of drug-likeness (QED) is 0.263. The summed E-state index contributed by atoms with van der Waals surface area (Å²) < 4.78 is 0.437. The molecule has 0 N–H and O–H groups in total. The van der Waals surface area contributed by atoms with E-state index in [4.69, 9.17) is 24.8 Å². The molecule has 1 fully saturated rings. The molecule has 1 heterocycles. The van der Waals surface area contributed by atoms with Crippen molar-refractivity contribution in [3.05, 3.63) is 0 Å². The van der Waals surface area contributed by atoms with E-state index in [1.165, 1.54) is 0 Å². The molecule has 0 spiro atoms. The topological polar surface area (TPSA) is 43.4 Å². The van der Waals surface area contributed by atoms with Crippen molar-refractivity contribution in [2.24, 2.45) is 5.92 Å². The van der Waals surface area contributed by atoms with Gasteiger partial charge < -0.3 is 39.6 Å². The number of thiocarbonyl (C=S) groups is 1. The maximum Gasteiger partial charge on any atom is 1.00 e. The van der Waals surface area contributed by atoms with Crippen molar-refractivity contribution in [3.63, 3.8) is 0 Å². The first-order valence-electron chi connectivity index (χ1n) is 3.78. The zero-order valence-corrected chi connectivity index (χ0v) is 14.1. The minimum Gasteiger partial charge on any atom is -0.550 e. The molecule has 1 aliphatic heterocycles. The smallest absolute Gasteiger partial charge is 0.550 e. The normalized spacial score (nSPS) is 16.4. The van der Waals surface area contributed by atoms with Crippen LogP contribution < -0.4 is 64.2 Å². The van der Waals surface area contributed by atoms with Crippen LogP contribution in [0.2, 0.25) is 0 Å². The van der Waals surface area contributed by atoms with Crippen LogP contribution in [-0.4, -0.2) is 28.3 Å². The van der Waals surface area contributed by atoms with E-state index < -0.39 is 5.97 Å². The number of aliphatic carboxylic acids is 1. The standard InChI is InChI=1S/C7H11NO2S2.2Na/c9-6(10)5-1-3-8(4-2-5)7(11)12;;/h5H,1-4H2,(H,9,10)(H,11,12);;/q;2*+1/p-2. The zero-order valence-electron chi connectivity index (χ0n) is 8.49. The van der Waals surface area contributed by atoms with E-state index in [2.05, 4.69) is 0 Å². The SMILES string of the molecule is O=C([O-])C1CCN(C(=S)[S-])CC1.[Na+].[Na+]. The van der Waals surface area contributed by atoms with Gasteiger partial charge in [-0.05, 0) is 12.8 Å². The van der Waals surface area contributed by atoms with Crippen LogP contribution in [0.4, 0.5) is 0 Å². The minimum absolute atomic E-state index is 0. The average Bonchev–Trinajstić information content (AvgIpc) is 2.04. The second-order valence-electron chi connectivity index (χ2n) is 2.85. The Morgan fingerprint density at radius 1 is 1.36 bits per heavy atom. The fraction of sp³-hybridized carbons (Fsp3) is 0.714. The van der Waals surface area contributed by atoms with Gasteiger partial charge in [0.05, 0.1) is 0 Å². The molecular weight excluding hydrogens is 240 g/mol. The van der Waals surface area contributed by atoms with Gasteiger partial charge in [0, 0.05) is 25.0 Å². The summed E-state index contributed by atoms with van der Waals surface area (Å²) in [5.74, 6) is -1.27. The van der Waals surface area contributed by atoms with E-state index in [9.17, 15) is 9.90 Å². The number of likely N-dealkylation sites (tertiary alicyclic amines) is 1. The van der Waals surface area contributed by atoms with Crippen LogP contribution in [0.15, 0.2) is 0 Å². The van der Waals surface area contributed by atoms with Crippen molar-refractivity contribution in [1.82, 2.24) is 4.90 Å². The van der Waals surface area contributed by atoms with Gasteiger partial charge in [0.1, 0.15) is 0 Å². The number of carbonyl (C=O) groups is 1. The van der Waals surface area contributed by atoms with Gasteiger partial charge in [0.25, 0.3) is 0 Å². The maximum absolute atomic E-state index is 10.4. The van der Waals surface area contributed by atoms with Crippen LogP contribution >= 0.6 is 12.2 Å². The van der Waals surface area contributed by atoms with E-state index in [-0.39, 0.29) is 65.0 Å². The van der Waals surface area contributed by atoms with Crippen LogP contribution in [0, 0.1) is 5.92 Å². The molecule has 1 rings (SSSR count). The number of hydrogen-bond donors (Lipinski definition) is 0. The van der Waals surface area contributed by atoms with E-state index >= 15 is 0 Å². The molecule has 1 aliphatic rings. The van der Waals surface area contributed by atoms with Gasteiger partial charge in [0.2, 0.25) is 0 Å². The van der Waals surface area contributed by atoms with Gasteiger partial charge in [-0.25, -0.2) is 0 Å². The maximum atomic E-state index is 10.4. The molecule has 0 saturated carbocycles. The molecule has 0 unspecified atom stereocenters. The third-order valence-electron chi connectivity index (χ3n) is 2.09. The summed E-state index contributed by atoms with van der Waals surface area (Å²) in [5.41, 5.74) is 0. The molecule has 0 aromatic rings. The summed E-state index contributed by atoms with van der Waals surface area (Å²) >= 11 is 9.59. The number of rotatable bonds is 1. The molecule has 0 aliphatic carbocycles. The summed E-state index contributed by atoms with van der Waals surface area (Å²) in [7, 11) is 0. The van der Waals surface area contributed by atoms with Crippen molar-refractivity contribution in [3.8, 4) is 0 Å². The molecule has 0 bridgehead atoms. The van der Waals surface area contributed by atoms with Gasteiger partial charge in [-0.15, -0.1) is 0 Å². The predicted molar refractivity (Wildman–Crippen MR) is 49.3 cm³/mol. The molecule has 0 atom stereocenters. The summed E-state index contributed by atoms with van der Waals surface area (Å²) in [6.07, 6.45) is 1.19. The number of carbonyl (C=O) groups excluding carboxylic acids is 1. The van der Waals surface area contributed by atoms with E-state index in [1.54, 1.807) is 0 Å². The number of carboxylic acid groups (broad SMARTS) is 1. The summed E-state index contributed by atoms with van der Waals surface area (Å²) in [4.78, 5) is 12.3. The number of nitrogens with zero attached hydrogens (tertiary/aromatic N) is 1. The predicted octanol–water partition coefficient (Wildman–Crippen LogP) is -6.71. The molecular formula is C7H9NNa2O2S2. The molecule has 68 valence electrons. The Balaban J connectivity index is 0. The molecule has 0 radical (unpaired) electrons. The Labute approximate surface area is 139 Å². The van der Waals surface area contributed by atoms with Gasteiger partial charge in [-0.1, -0.05) is 4.32 Å². The Bertz CT molecular complexity index is 186. The third kappa shape index (κ3) is 5.61. The summed E-state index contributed by atoms with van der Waals surface area (Å²) in [5, 5.41) is 10.4. The fourth-order valence-electron chi connectivity index (χ4n) is 1.30. The first kappa shape index (κ1) is 18.0. The van der Waals surface area contributed by atoms with E-state index in [0.717, 1.165) is 0 Å². The third-order valence-corrected chi connectivity index (χ3v) is 2.60. The molecule has 7 heteroatoms. The second-order valence-corrected chi connectivity index (χ2v) is 3.88. The molecule has 14 heavy (non-hydrogen) atoms. The van der Waals surface area contributed by atoms with Crippen molar-refractivity contribution in [2.45, 2.75) is 12.8 Å². The number of carboxylic acids is 1. The van der Waals surface area contributed by atoms with Gasteiger partial charge >= 0.3 is 59.1 Å². The van der Waals surface area contributed by atoms with Gasteiger partial charge in [-0.2, -0.15) is 0 Å². The average molecular weight is 249 g/mol. The largest absolute Gasteiger partial charge is 1.00 e. The van der Waals surface area contributed by atoms with Crippen molar-refractivity contribution in [1.29, 1.82) is 0 Å². The number of hydrogen-bond acceptors (Lipinski definition) is 4. The Morgan fingerprint density at radius 2 is 1.79 bits per heavy atom. The van der Waals surface area contributed by atoms with Crippen molar-refractivity contribution < 1.29 is 69.0 Å². The molecule has 0 aromatic carbocycles. The molecule has 0 aromatic heterocycles. The summed E-state index contributed by atoms with van der Waals surface area (Å²) in [6.45, 7) is 1.31.